The van der Waals surface area contributed by atoms with Gasteiger partial charge in [-0.15, -0.1) is 0 Å². The lowest BCUT2D eigenvalue weighted by molar-refractivity contribution is -0.147. The van der Waals surface area contributed by atoms with Crippen molar-refractivity contribution in [2.75, 3.05) is 6.54 Å². The van der Waals surface area contributed by atoms with Crippen LogP contribution in [-0.2, 0) is 19.1 Å². The van der Waals surface area contributed by atoms with Gasteiger partial charge in [-0.2, -0.15) is 0 Å². The molecule has 0 spiro atoms. The quantitative estimate of drug-likeness (QED) is 0.0478. The standard InChI is InChI=1S/C38H63NO5/c1-3-5-7-9-11-13-15-17-19-22-26-30-35(31-27-23-21-24-28-32-36(40)39-34-37(41)42)44-38(43)33-29-25-20-18-16-14-12-10-8-6-4-2/h5,7,10-13,17,19,26,30,35H,3-4,6,8-9,14-16,18,20-25,27-29,31-34H2,1-2H3,(H,39,40)(H,41,42)/b7-5-,12-10-,13-11-,19-17-,30-26-. The SMILES string of the molecule is CC/C=C\C/C=C\C/C=C\C/C=C\C(CCCCCCCC(=O)NCC(=O)O)OC(=O)CCCCCCC/C=C\CCCC. The number of nitrogens with one attached hydrogen (secondary N) is 1. The van der Waals surface area contributed by atoms with Crippen LogP contribution in [-0.4, -0.2) is 35.6 Å². The number of aliphatic carboxylic acids is 1. The molecule has 0 saturated heterocycles. The lowest BCUT2D eigenvalue weighted by atomic mass is 10.1. The van der Waals surface area contributed by atoms with Crippen molar-refractivity contribution in [3.63, 3.8) is 0 Å². The van der Waals surface area contributed by atoms with Crippen LogP contribution in [0.25, 0.3) is 0 Å². The third kappa shape index (κ3) is 32.0. The number of hydrogen-bond donors (Lipinski definition) is 2. The molecule has 0 rings (SSSR count). The Morgan fingerprint density at radius 1 is 0.636 bits per heavy atom. The van der Waals surface area contributed by atoms with Crippen LogP contribution in [0, 0.1) is 0 Å². The molecular weight excluding hydrogens is 550 g/mol. The number of carbonyl (C=O) groups excluding carboxylic acids is 2. The summed E-state index contributed by atoms with van der Waals surface area (Å²) in [6.07, 6.45) is 42.0. The highest BCUT2D eigenvalue weighted by Crippen LogP contribution is 2.14. The Hall–Kier alpha value is -2.89. The predicted octanol–water partition coefficient (Wildman–Crippen LogP) is 10.1. The number of allylic oxidation sites excluding steroid dienone is 9. The molecule has 250 valence electrons. The Labute approximate surface area is 269 Å². The van der Waals surface area contributed by atoms with Crippen molar-refractivity contribution in [3.05, 3.63) is 60.8 Å². The summed E-state index contributed by atoms with van der Waals surface area (Å²) in [7, 11) is 0. The first-order valence-corrected chi connectivity index (χ1v) is 17.4. The van der Waals surface area contributed by atoms with Crippen LogP contribution >= 0.6 is 0 Å². The third-order valence-electron chi connectivity index (χ3n) is 7.16. The second-order valence-corrected chi connectivity index (χ2v) is 11.4. The van der Waals surface area contributed by atoms with Crippen molar-refractivity contribution in [3.8, 4) is 0 Å². The Balaban J connectivity index is 4.39. The number of carbonyl (C=O) groups is 3. The van der Waals surface area contributed by atoms with Gasteiger partial charge < -0.3 is 15.2 Å². The molecule has 0 heterocycles. The summed E-state index contributed by atoms with van der Waals surface area (Å²) < 4.78 is 5.86. The average molecular weight is 614 g/mol. The molecule has 0 bridgehead atoms. The lowest BCUT2D eigenvalue weighted by Gasteiger charge is -2.14. The van der Waals surface area contributed by atoms with Crippen molar-refractivity contribution < 1.29 is 24.2 Å². The molecule has 6 heteroatoms. The third-order valence-corrected chi connectivity index (χ3v) is 7.16. The van der Waals surface area contributed by atoms with E-state index in [9.17, 15) is 14.4 Å². The number of amides is 1. The number of ether oxygens (including phenoxy) is 1. The fraction of sp³-hybridized carbons (Fsp3) is 0.658. The van der Waals surface area contributed by atoms with E-state index in [1.165, 1.54) is 32.1 Å². The molecule has 0 aliphatic rings. The maximum atomic E-state index is 12.6. The minimum atomic E-state index is -1.03. The maximum Gasteiger partial charge on any atom is 0.322 e. The van der Waals surface area contributed by atoms with E-state index < -0.39 is 5.97 Å². The second-order valence-electron chi connectivity index (χ2n) is 11.4. The summed E-state index contributed by atoms with van der Waals surface area (Å²) >= 11 is 0. The van der Waals surface area contributed by atoms with Crippen molar-refractivity contribution in [1.82, 2.24) is 5.32 Å². The monoisotopic (exact) mass is 613 g/mol. The zero-order chi connectivity index (χ0) is 32.4. The largest absolute Gasteiger partial charge is 0.480 e. The van der Waals surface area contributed by atoms with E-state index in [0.29, 0.717) is 12.8 Å². The predicted molar refractivity (Wildman–Crippen MR) is 185 cm³/mol. The number of carboxylic acids is 1. The molecule has 2 N–H and O–H groups in total. The minimum Gasteiger partial charge on any atom is -0.480 e. The molecule has 6 nitrogen and oxygen atoms in total. The van der Waals surface area contributed by atoms with Crippen LogP contribution in [0.1, 0.15) is 149 Å². The van der Waals surface area contributed by atoms with Gasteiger partial charge in [-0.1, -0.05) is 120 Å². The summed E-state index contributed by atoms with van der Waals surface area (Å²) in [5.74, 6) is -1.35. The smallest absolute Gasteiger partial charge is 0.322 e. The number of unbranched alkanes of at least 4 members (excludes halogenated alkanes) is 11. The lowest BCUT2D eigenvalue weighted by Crippen LogP contribution is -2.28. The minimum absolute atomic E-state index is 0.108. The Morgan fingerprint density at radius 3 is 1.82 bits per heavy atom. The second kappa shape index (κ2) is 33.0. The number of carboxylic acid groups (broad SMARTS) is 1. The Bertz CT molecular complexity index is 855. The Morgan fingerprint density at radius 2 is 1.18 bits per heavy atom. The van der Waals surface area contributed by atoms with Crippen LogP contribution in [0.2, 0.25) is 0 Å². The van der Waals surface area contributed by atoms with Crippen molar-refractivity contribution in [1.29, 1.82) is 0 Å². The molecule has 0 aliphatic carbocycles. The number of esters is 1. The molecule has 1 unspecified atom stereocenters. The maximum absolute atomic E-state index is 12.6. The van der Waals surface area contributed by atoms with Crippen molar-refractivity contribution in [2.24, 2.45) is 0 Å². The Kier molecular flexibility index (Phi) is 30.8. The molecule has 0 aromatic heterocycles. The average Bonchev–Trinajstić information content (AvgIpc) is 3.00. The summed E-state index contributed by atoms with van der Waals surface area (Å²) in [5.41, 5.74) is 0. The first kappa shape index (κ1) is 41.1. The van der Waals surface area contributed by atoms with Crippen LogP contribution in [0.4, 0.5) is 0 Å². The van der Waals surface area contributed by atoms with E-state index in [4.69, 9.17) is 9.84 Å². The van der Waals surface area contributed by atoms with Gasteiger partial charge >= 0.3 is 11.9 Å². The van der Waals surface area contributed by atoms with Gasteiger partial charge in [0.05, 0.1) is 0 Å². The van der Waals surface area contributed by atoms with E-state index in [1.807, 2.05) is 6.08 Å². The molecule has 0 saturated carbocycles. The van der Waals surface area contributed by atoms with Gasteiger partial charge in [0.25, 0.3) is 0 Å². The fourth-order valence-electron chi connectivity index (χ4n) is 4.58. The summed E-state index contributed by atoms with van der Waals surface area (Å²) in [6.45, 7) is 4.03. The first-order chi connectivity index (χ1) is 21.5. The zero-order valence-electron chi connectivity index (χ0n) is 28.0. The van der Waals surface area contributed by atoms with E-state index in [2.05, 4.69) is 73.8 Å². The number of rotatable bonds is 30. The molecule has 0 aliphatic heterocycles. The van der Waals surface area contributed by atoms with Gasteiger partial charge in [0.1, 0.15) is 12.6 Å². The van der Waals surface area contributed by atoms with E-state index in [0.717, 1.165) is 89.9 Å². The van der Waals surface area contributed by atoms with Crippen LogP contribution in [0.5, 0.6) is 0 Å². The molecule has 0 fully saturated rings. The van der Waals surface area contributed by atoms with Crippen molar-refractivity contribution >= 4 is 17.8 Å². The van der Waals surface area contributed by atoms with Crippen LogP contribution < -0.4 is 5.32 Å². The fourth-order valence-corrected chi connectivity index (χ4v) is 4.58. The van der Waals surface area contributed by atoms with E-state index in [-0.39, 0.29) is 24.5 Å². The van der Waals surface area contributed by atoms with Gasteiger partial charge in [0.15, 0.2) is 0 Å². The summed E-state index contributed by atoms with van der Waals surface area (Å²) in [6, 6.07) is 0. The first-order valence-electron chi connectivity index (χ1n) is 17.4. The molecule has 0 radical (unpaired) electrons. The van der Waals surface area contributed by atoms with E-state index >= 15 is 0 Å². The highest BCUT2D eigenvalue weighted by atomic mass is 16.5. The molecule has 44 heavy (non-hydrogen) atoms. The van der Waals surface area contributed by atoms with Crippen LogP contribution in [0.3, 0.4) is 0 Å². The summed E-state index contributed by atoms with van der Waals surface area (Å²) in [5, 5.41) is 11.0. The topological polar surface area (TPSA) is 92.7 Å². The van der Waals surface area contributed by atoms with E-state index in [1.54, 1.807) is 0 Å². The molecule has 0 aromatic carbocycles. The van der Waals surface area contributed by atoms with Gasteiger partial charge in [0.2, 0.25) is 5.91 Å². The van der Waals surface area contributed by atoms with Gasteiger partial charge in [0, 0.05) is 12.8 Å². The molecular formula is C38H63NO5. The highest BCUT2D eigenvalue weighted by molar-refractivity contribution is 5.80. The van der Waals surface area contributed by atoms with Gasteiger partial charge in [-0.05, 0) is 76.7 Å². The van der Waals surface area contributed by atoms with Gasteiger partial charge in [-0.25, -0.2) is 0 Å². The zero-order valence-corrected chi connectivity index (χ0v) is 28.0. The van der Waals surface area contributed by atoms with Crippen molar-refractivity contribution in [2.45, 2.75) is 155 Å². The number of hydrogen-bond acceptors (Lipinski definition) is 4. The summed E-state index contributed by atoms with van der Waals surface area (Å²) in [4.78, 5) is 34.7. The molecule has 1 amide bonds. The normalized spacial score (nSPS) is 12.8. The van der Waals surface area contributed by atoms with Gasteiger partial charge in [-0.3, -0.25) is 14.4 Å². The molecule has 0 aromatic rings. The molecule has 1 atom stereocenters. The van der Waals surface area contributed by atoms with Crippen LogP contribution in [0.15, 0.2) is 60.8 Å². The highest BCUT2D eigenvalue weighted by Gasteiger charge is 2.11.